The average Bonchev–Trinajstić information content (AvgIpc) is 3.49. The maximum absolute atomic E-state index is 13.4. The van der Waals surface area contributed by atoms with E-state index in [1.165, 1.54) is 0 Å². The highest BCUT2D eigenvalue weighted by Gasteiger charge is 2.28. The van der Waals surface area contributed by atoms with E-state index in [1.54, 1.807) is 7.11 Å². The summed E-state index contributed by atoms with van der Waals surface area (Å²) in [5.74, 6) is 3.27. The van der Waals surface area contributed by atoms with Gasteiger partial charge in [0.1, 0.15) is 5.75 Å². The molecule has 2 saturated heterocycles. The van der Waals surface area contributed by atoms with Crippen molar-refractivity contribution in [3.8, 4) is 17.0 Å². The fraction of sp³-hybridized carbons (Fsp3) is 0.519. The zero-order chi connectivity index (χ0) is 24.4. The quantitative estimate of drug-likeness (QED) is 0.523. The Labute approximate surface area is 206 Å². The molecule has 0 bridgehead atoms. The molecule has 0 aliphatic carbocycles. The molecule has 2 fully saturated rings. The molecule has 0 atom stereocenters. The van der Waals surface area contributed by atoms with Gasteiger partial charge in [-0.1, -0.05) is 5.16 Å². The Balaban J connectivity index is 1.20. The van der Waals surface area contributed by atoms with Gasteiger partial charge in [-0.05, 0) is 74.4 Å². The smallest absolute Gasteiger partial charge is 0.255 e. The van der Waals surface area contributed by atoms with Crippen molar-refractivity contribution in [1.82, 2.24) is 19.6 Å². The van der Waals surface area contributed by atoms with Crippen LogP contribution in [-0.4, -0.2) is 58.9 Å². The fourth-order valence-electron chi connectivity index (χ4n) is 5.18. The molecule has 4 heterocycles. The number of rotatable bonds is 6. The molecule has 186 valence electrons. The number of hydrogen-bond acceptors (Lipinski definition) is 6. The number of methoxy groups -OCH3 is 1. The van der Waals surface area contributed by atoms with Crippen molar-refractivity contribution < 1.29 is 18.8 Å². The molecular weight excluding hydrogens is 444 g/mol. The maximum atomic E-state index is 13.4. The number of likely N-dealkylation sites (tertiary alicyclic amines) is 1. The maximum Gasteiger partial charge on any atom is 0.255 e. The van der Waals surface area contributed by atoms with Gasteiger partial charge in [-0.15, -0.1) is 0 Å². The lowest BCUT2D eigenvalue weighted by atomic mass is 9.93. The third-order valence-corrected chi connectivity index (χ3v) is 7.59. The zero-order valence-electron chi connectivity index (χ0n) is 20.8. The molecule has 8 heteroatoms. The molecule has 1 aromatic carbocycles. The number of carbonyl (C=O) groups is 1. The highest BCUT2D eigenvalue weighted by molar-refractivity contribution is 5.97. The molecular formula is C27H34N4O4. The highest BCUT2D eigenvalue weighted by Crippen LogP contribution is 2.30. The number of hydrogen-bond donors (Lipinski definition) is 0. The first-order valence-electron chi connectivity index (χ1n) is 12.5. The van der Waals surface area contributed by atoms with E-state index in [4.69, 9.17) is 14.0 Å². The first kappa shape index (κ1) is 23.6. The second-order valence-electron chi connectivity index (χ2n) is 9.69. The van der Waals surface area contributed by atoms with E-state index < -0.39 is 0 Å². The molecule has 2 aliphatic heterocycles. The predicted molar refractivity (Wildman–Crippen MR) is 132 cm³/mol. The lowest BCUT2D eigenvalue weighted by Crippen LogP contribution is -2.39. The first-order valence-corrected chi connectivity index (χ1v) is 12.5. The van der Waals surface area contributed by atoms with Crippen molar-refractivity contribution in [2.24, 2.45) is 13.0 Å². The van der Waals surface area contributed by atoms with Crippen molar-refractivity contribution in [3.63, 3.8) is 0 Å². The summed E-state index contributed by atoms with van der Waals surface area (Å²) >= 11 is 0. The molecule has 8 nitrogen and oxygen atoms in total. The minimum atomic E-state index is 0.107. The van der Waals surface area contributed by atoms with Crippen LogP contribution in [0.25, 0.3) is 11.3 Å². The summed E-state index contributed by atoms with van der Waals surface area (Å²) in [5, 5.41) is 4.23. The Kier molecular flexibility index (Phi) is 6.90. The predicted octanol–water partition coefficient (Wildman–Crippen LogP) is 4.38. The van der Waals surface area contributed by atoms with E-state index >= 15 is 0 Å². The summed E-state index contributed by atoms with van der Waals surface area (Å²) in [6, 6.07) is 9.96. The van der Waals surface area contributed by atoms with Crippen molar-refractivity contribution >= 4 is 5.91 Å². The van der Waals surface area contributed by atoms with Crippen LogP contribution in [0, 0.1) is 12.8 Å². The lowest BCUT2D eigenvalue weighted by molar-refractivity contribution is 0.0686. The third kappa shape index (κ3) is 4.98. The number of carbonyl (C=O) groups excluding carboxylic acids is 1. The molecule has 35 heavy (non-hydrogen) atoms. The van der Waals surface area contributed by atoms with Gasteiger partial charge in [0.2, 0.25) is 5.89 Å². The van der Waals surface area contributed by atoms with Gasteiger partial charge in [-0.25, -0.2) is 0 Å². The number of piperidine rings is 1. The zero-order valence-corrected chi connectivity index (χ0v) is 20.8. The van der Waals surface area contributed by atoms with Gasteiger partial charge < -0.3 is 23.5 Å². The number of amides is 1. The van der Waals surface area contributed by atoms with Crippen molar-refractivity contribution in [2.45, 2.75) is 44.9 Å². The lowest BCUT2D eigenvalue weighted by Gasteiger charge is -2.31. The van der Waals surface area contributed by atoms with Gasteiger partial charge in [0.25, 0.3) is 5.91 Å². The monoisotopic (exact) mass is 478 g/mol. The summed E-state index contributed by atoms with van der Waals surface area (Å²) < 4.78 is 18.4. The largest absolute Gasteiger partial charge is 0.497 e. The van der Waals surface area contributed by atoms with Crippen LogP contribution in [0.1, 0.15) is 59.4 Å². The van der Waals surface area contributed by atoms with Gasteiger partial charge in [0.05, 0.1) is 12.7 Å². The van der Waals surface area contributed by atoms with Gasteiger partial charge in [0.15, 0.2) is 5.82 Å². The third-order valence-electron chi connectivity index (χ3n) is 7.59. The van der Waals surface area contributed by atoms with Crippen LogP contribution in [0.4, 0.5) is 0 Å². The van der Waals surface area contributed by atoms with Gasteiger partial charge in [-0.3, -0.25) is 4.79 Å². The van der Waals surface area contributed by atoms with Crippen molar-refractivity contribution in [1.29, 1.82) is 0 Å². The van der Waals surface area contributed by atoms with E-state index in [-0.39, 0.29) is 5.91 Å². The van der Waals surface area contributed by atoms with Gasteiger partial charge >= 0.3 is 0 Å². The first-order chi connectivity index (χ1) is 17.0. The van der Waals surface area contributed by atoms with Crippen LogP contribution >= 0.6 is 0 Å². The molecule has 0 spiro atoms. The topological polar surface area (TPSA) is 82.6 Å². The second kappa shape index (κ2) is 10.2. The molecule has 0 radical (unpaired) electrons. The fourth-order valence-corrected chi connectivity index (χ4v) is 5.18. The Morgan fingerprint density at radius 2 is 1.83 bits per heavy atom. The van der Waals surface area contributed by atoms with E-state index in [1.807, 2.05) is 49.2 Å². The normalized spacial score (nSPS) is 17.6. The average molecular weight is 479 g/mol. The number of benzene rings is 1. The van der Waals surface area contributed by atoms with Crippen LogP contribution in [0.5, 0.6) is 5.75 Å². The minimum absolute atomic E-state index is 0.107. The Morgan fingerprint density at radius 1 is 1.11 bits per heavy atom. The van der Waals surface area contributed by atoms with Crippen LogP contribution in [0.2, 0.25) is 0 Å². The van der Waals surface area contributed by atoms with E-state index in [0.717, 1.165) is 98.4 Å². The summed E-state index contributed by atoms with van der Waals surface area (Å²) in [7, 11) is 3.67. The molecule has 1 amide bonds. The summed E-state index contributed by atoms with van der Waals surface area (Å²) in [5.41, 5.74) is 3.85. The van der Waals surface area contributed by atoms with E-state index in [2.05, 4.69) is 14.7 Å². The van der Waals surface area contributed by atoms with Crippen LogP contribution in [0.3, 0.4) is 0 Å². The Bertz CT molecular complexity index is 1150. The minimum Gasteiger partial charge on any atom is -0.497 e. The molecule has 0 saturated carbocycles. The van der Waals surface area contributed by atoms with Crippen molar-refractivity contribution in [2.75, 3.05) is 33.4 Å². The van der Waals surface area contributed by atoms with Gasteiger partial charge in [0, 0.05) is 57.1 Å². The Hall–Kier alpha value is -3.13. The van der Waals surface area contributed by atoms with Crippen LogP contribution in [-0.2, 0) is 18.2 Å². The Morgan fingerprint density at radius 3 is 2.51 bits per heavy atom. The SMILES string of the molecule is COc1ccc(-c2cc(C(=O)N3CCC(Cc4nc(C5CCOCC5)no4)CC3)c(C)n2C)cc1. The van der Waals surface area contributed by atoms with Crippen LogP contribution in [0.15, 0.2) is 34.9 Å². The summed E-state index contributed by atoms with van der Waals surface area (Å²) in [4.78, 5) is 20.1. The number of ether oxygens (including phenoxy) is 2. The molecule has 2 aromatic heterocycles. The van der Waals surface area contributed by atoms with E-state index in [9.17, 15) is 4.79 Å². The van der Waals surface area contributed by atoms with E-state index in [0.29, 0.717) is 11.8 Å². The standard InChI is InChI=1S/C27H34N4O4/c1-18-23(17-24(30(18)2)20-4-6-22(33-3)7-5-20)27(32)31-12-8-19(9-13-31)16-25-28-26(29-35-25)21-10-14-34-15-11-21/h4-7,17,19,21H,8-16H2,1-3H3. The summed E-state index contributed by atoms with van der Waals surface area (Å²) in [6.07, 6.45) is 4.58. The van der Waals surface area contributed by atoms with Crippen molar-refractivity contribution in [3.05, 3.63) is 53.3 Å². The summed E-state index contributed by atoms with van der Waals surface area (Å²) in [6.45, 7) is 5.04. The second-order valence-corrected chi connectivity index (χ2v) is 9.69. The molecule has 3 aromatic rings. The molecule has 5 rings (SSSR count). The van der Waals surface area contributed by atoms with Gasteiger partial charge in [-0.2, -0.15) is 4.98 Å². The molecule has 0 unspecified atom stereocenters. The number of aromatic nitrogens is 3. The molecule has 2 aliphatic rings. The number of nitrogens with zero attached hydrogens (tertiary/aromatic N) is 4. The molecule has 0 N–H and O–H groups in total. The van der Waals surface area contributed by atoms with Crippen LogP contribution < -0.4 is 4.74 Å². The highest BCUT2D eigenvalue weighted by atomic mass is 16.5.